The van der Waals surface area contributed by atoms with Crippen LogP contribution in [0.2, 0.25) is 0 Å². The van der Waals surface area contributed by atoms with Gasteiger partial charge < -0.3 is 85.4 Å². The summed E-state index contributed by atoms with van der Waals surface area (Å²) in [6.45, 7) is 7.15. The number of guanidine groups is 1. The lowest BCUT2D eigenvalue weighted by molar-refractivity contribution is -0.164. The lowest BCUT2D eigenvalue weighted by Crippen LogP contribution is -2.61. The smallest absolute Gasteiger partial charge is 0.333 e. The number of unbranched alkanes of at least 4 members (excludes halogenated alkanes) is 1. The Kier molecular flexibility index (Phi) is 30.8. The molecule has 26 heteroatoms. The number of H-pyrrole nitrogens is 1. The monoisotopic (exact) mass is 1080 g/mol. The number of hydrazine groups is 1. The Balaban J connectivity index is 0.000000588. The molecule has 0 radical (unpaired) electrons. The van der Waals surface area contributed by atoms with Gasteiger partial charge in [0, 0.05) is 36.5 Å². The second kappa shape index (κ2) is 35.0. The molecule has 1 aromatic heterocycles. The molecule has 3 aromatic carbocycles. The Morgan fingerprint density at radius 1 is 0.688 bits per heavy atom. The minimum Gasteiger partial charge on any atom is -0.480 e. The molecule has 0 aliphatic rings. The van der Waals surface area contributed by atoms with E-state index >= 15 is 0 Å². The summed E-state index contributed by atoms with van der Waals surface area (Å²) in [7, 11) is 0. The largest absolute Gasteiger partial charge is 0.480 e. The van der Waals surface area contributed by atoms with Crippen LogP contribution in [0.1, 0.15) is 76.5 Å². The normalized spacial score (nSPS) is 14.3. The lowest BCUT2D eigenvalue weighted by Gasteiger charge is -2.29. The number of hydrogen-bond donors (Lipinski definition) is 17. The summed E-state index contributed by atoms with van der Waals surface area (Å²) in [5, 5.41) is 55.3. The third-order valence-electron chi connectivity index (χ3n) is 11.3. The van der Waals surface area contributed by atoms with Gasteiger partial charge >= 0.3 is 41.8 Å². The number of carbonyl (C=O) groups excluding carboxylic acids is 3. The molecule has 8 atom stereocenters. The minimum atomic E-state index is -1.49. The van der Waals surface area contributed by atoms with Crippen molar-refractivity contribution in [2.24, 2.45) is 46.1 Å². The zero-order valence-corrected chi connectivity index (χ0v) is 43.7. The first-order chi connectivity index (χ1) is 36.1. The van der Waals surface area contributed by atoms with Crippen molar-refractivity contribution < 1.29 is 68.6 Å². The Morgan fingerprint density at radius 3 is 1.81 bits per heavy atom. The zero-order valence-electron chi connectivity index (χ0n) is 43.7. The van der Waals surface area contributed by atoms with Crippen LogP contribution in [0.25, 0.3) is 10.9 Å². The number of ether oxygens (including phenoxy) is 2. The van der Waals surface area contributed by atoms with Crippen LogP contribution in [0.3, 0.4) is 0 Å². The molecule has 77 heavy (non-hydrogen) atoms. The number of carboxylic acid groups (broad SMARTS) is 4. The Morgan fingerprint density at radius 2 is 1.29 bits per heavy atom. The van der Waals surface area contributed by atoms with Gasteiger partial charge in [0.25, 0.3) is 0 Å². The molecule has 0 unspecified atom stereocenters. The standard InChI is InChI=1S/C20H32N6O6.C20H21N3O4.C6H14N2O2.C5H11NO2/c1-12(27)15(21)17(29)32-16(28)14(9-6-10-24-19(22)23)25-26-20(2,18(30)31)11-13-7-4-3-5-8-13;21-16(19(24)25)9-12-5-7-14(8-6-12)27-20(26)17(22)10-13-11-23-18-4-2-1-3-15(13)18;7-4-2-1-3-5(8)6(9)10;1-3(2)4(6)5(7)8/h3-5,7-8,12,14-15,25-27H,6,9-11,21H2,1-2H3,(H,30,31)(H4,22,23,24);1-8,11,16-17,23H,9-10,21-22H2,(H,24,25);5H,1-4,7-8H2,(H,9,10);3-4H,6H2,1-2H3,(H,7,8)/t12-,14+,15+,20+;16-,17-;5-;4-/m1000/s1. The summed E-state index contributed by atoms with van der Waals surface area (Å²) in [4.78, 5) is 82.8. The predicted octanol–water partition coefficient (Wildman–Crippen LogP) is -0.244. The maximum atomic E-state index is 12.5. The first kappa shape index (κ1) is 67.6. The van der Waals surface area contributed by atoms with E-state index in [4.69, 9.17) is 70.3 Å². The van der Waals surface area contributed by atoms with Gasteiger partial charge in [-0.25, -0.2) is 25.2 Å². The average Bonchev–Trinajstić information content (AvgIpc) is 3.78. The fraction of sp³-hybridized carbons (Fsp3) is 0.451. The van der Waals surface area contributed by atoms with Crippen molar-refractivity contribution in [1.29, 1.82) is 5.41 Å². The molecule has 0 saturated heterocycles. The Bertz CT molecular complexity index is 2480. The van der Waals surface area contributed by atoms with Gasteiger partial charge in [-0.05, 0) is 93.3 Å². The highest BCUT2D eigenvalue weighted by Gasteiger charge is 2.36. The molecule has 4 rings (SSSR count). The number of aliphatic hydroxyl groups excluding tert-OH is 1. The van der Waals surface area contributed by atoms with Crippen LogP contribution >= 0.6 is 0 Å². The topological polar surface area (TPSA) is 497 Å². The molecule has 4 aromatic rings. The summed E-state index contributed by atoms with van der Waals surface area (Å²) < 4.78 is 10.1. The summed E-state index contributed by atoms with van der Waals surface area (Å²) in [6, 6.07) is 17.5. The van der Waals surface area contributed by atoms with Crippen LogP contribution < -0.4 is 61.0 Å². The number of para-hydroxylation sites is 1. The van der Waals surface area contributed by atoms with Crippen molar-refractivity contribution in [2.75, 3.05) is 13.1 Å². The number of benzene rings is 3. The number of aromatic amines is 1. The van der Waals surface area contributed by atoms with Crippen LogP contribution in [-0.2, 0) is 57.6 Å². The van der Waals surface area contributed by atoms with Crippen molar-refractivity contribution in [3.63, 3.8) is 0 Å². The Labute approximate surface area is 446 Å². The van der Waals surface area contributed by atoms with Crippen molar-refractivity contribution >= 4 is 58.6 Å². The highest BCUT2D eigenvalue weighted by molar-refractivity contribution is 5.91. The fourth-order valence-corrected chi connectivity index (χ4v) is 6.40. The van der Waals surface area contributed by atoms with Gasteiger partial charge in [0.2, 0.25) is 0 Å². The van der Waals surface area contributed by atoms with Crippen LogP contribution in [0.4, 0.5) is 0 Å². The molecule has 24 N–H and O–H groups in total. The summed E-state index contributed by atoms with van der Waals surface area (Å²) in [5.74, 6) is -6.59. The summed E-state index contributed by atoms with van der Waals surface area (Å²) >= 11 is 0. The lowest BCUT2D eigenvalue weighted by atomic mass is 9.93. The molecule has 0 amide bonds. The van der Waals surface area contributed by atoms with Gasteiger partial charge in [-0.2, -0.15) is 0 Å². The third kappa shape index (κ3) is 26.3. The predicted molar refractivity (Wildman–Crippen MR) is 286 cm³/mol. The highest BCUT2D eigenvalue weighted by Crippen LogP contribution is 2.20. The highest BCUT2D eigenvalue weighted by atomic mass is 16.6. The van der Waals surface area contributed by atoms with E-state index < -0.39 is 89.7 Å². The van der Waals surface area contributed by atoms with Crippen molar-refractivity contribution in [1.82, 2.24) is 21.2 Å². The molecule has 0 bridgehead atoms. The van der Waals surface area contributed by atoms with Gasteiger partial charge in [0.15, 0.2) is 5.96 Å². The fourth-order valence-electron chi connectivity index (χ4n) is 6.40. The average molecular weight is 1080 g/mol. The molecule has 0 aliphatic heterocycles. The van der Waals surface area contributed by atoms with Gasteiger partial charge in [0.1, 0.15) is 47.5 Å². The number of nitrogens with one attached hydrogen (secondary N) is 5. The summed E-state index contributed by atoms with van der Waals surface area (Å²) in [6.07, 6.45) is 3.90. The van der Waals surface area contributed by atoms with E-state index in [1.807, 2.05) is 36.5 Å². The molecule has 0 fully saturated rings. The van der Waals surface area contributed by atoms with E-state index in [-0.39, 0.29) is 37.7 Å². The SMILES string of the molecule is CC(C)[C@H](N)C(=O)O.C[C@@H](O)[C@H](N)C(=O)OC(=O)[C@H](CCCNC(=N)N)NN[C@@](C)(Cc1ccccc1)C(=O)O.NCCCC[C@H](N)C(=O)O.N[C@@H](Cc1ccc(OC(=O)[C@@H](N)Cc2c[nH]c3ccccc23)cc1)C(=O)O. The number of aliphatic hydroxyl groups is 1. The molecular weight excluding hydrogens is 1000 g/mol. The molecule has 0 spiro atoms. The first-order valence-electron chi connectivity index (χ1n) is 24.5. The molecule has 26 nitrogen and oxygen atoms in total. The van der Waals surface area contributed by atoms with Gasteiger partial charge in [-0.15, -0.1) is 0 Å². The molecule has 1 heterocycles. The Hall–Kier alpha value is -7.40. The second-order valence-corrected chi connectivity index (χ2v) is 18.3. The number of nitrogens with two attached hydrogens (primary N) is 7. The number of rotatable bonds is 27. The minimum absolute atomic E-state index is 0.0208. The van der Waals surface area contributed by atoms with Gasteiger partial charge in [-0.3, -0.25) is 24.6 Å². The van der Waals surface area contributed by atoms with Crippen LogP contribution in [-0.4, -0.2) is 139 Å². The second-order valence-electron chi connectivity index (χ2n) is 18.3. The summed E-state index contributed by atoms with van der Waals surface area (Å²) in [5.41, 5.74) is 45.1. The van der Waals surface area contributed by atoms with Gasteiger partial charge in [0.05, 0.1) is 6.10 Å². The number of esters is 3. The quantitative estimate of drug-likeness (QED) is 0.00696. The first-order valence-corrected chi connectivity index (χ1v) is 24.5. The van der Waals surface area contributed by atoms with Crippen molar-refractivity contribution in [3.05, 3.63) is 102 Å². The van der Waals surface area contributed by atoms with E-state index in [9.17, 15) is 43.8 Å². The van der Waals surface area contributed by atoms with E-state index in [0.717, 1.165) is 40.4 Å². The maximum Gasteiger partial charge on any atom is 0.333 e. The van der Waals surface area contributed by atoms with Crippen LogP contribution in [0, 0.1) is 11.3 Å². The number of carboxylic acids is 4. The van der Waals surface area contributed by atoms with E-state index in [0.29, 0.717) is 31.6 Å². The maximum absolute atomic E-state index is 12.5. The van der Waals surface area contributed by atoms with Gasteiger partial charge in [-0.1, -0.05) is 80.9 Å². The molecule has 0 saturated carbocycles. The number of hydrogen-bond acceptors (Lipinski definition) is 19. The van der Waals surface area contributed by atoms with E-state index in [2.05, 4.69) is 21.2 Å². The molecule has 426 valence electrons. The zero-order chi connectivity index (χ0) is 58.4. The van der Waals surface area contributed by atoms with Crippen LogP contribution in [0.15, 0.2) is 85.1 Å². The van der Waals surface area contributed by atoms with Crippen LogP contribution in [0.5, 0.6) is 5.75 Å². The number of aliphatic carboxylic acids is 4. The van der Waals surface area contributed by atoms with E-state index in [1.54, 1.807) is 62.4 Å². The molecule has 0 aliphatic carbocycles. The molecular formula is C51H78N12O14. The van der Waals surface area contributed by atoms with E-state index in [1.165, 1.54) is 13.8 Å². The number of aromatic nitrogens is 1. The number of carbonyl (C=O) groups is 7. The van der Waals surface area contributed by atoms with Crippen molar-refractivity contribution in [3.8, 4) is 5.75 Å². The number of fused-ring (bicyclic) bond motifs is 1. The van der Waals surface area contributed by atoms with Crippen molar-refractivity contribution in [2.45, 2.75) is 127 Å². The third-order valence-corrected chi connectivity index (χ3v) is 11.3.